The van der Waals surface area contributed by atoms with Crippen LogP contribution < -0.4 is 10.2 Å². The summed E-state index contributed by atoms with van der Waals surface area (Å²) in [6.07, 6.45) is 0. The molecule has 2 aromatic rings. The highest BCUT2D eigenvalue weighted by atomic mass is 19.1. The van der Waals surface area contributed by atoms with Crippen LogP contribution in [0.5, 0.6) is 0 Å². The van der Waals surface area contributed by atoms with E-state index >= 15 is 0 Å². The van der Waals surface area contributed by atoms with Crippen molar-refractivity contribution in [2.24, 2.45) is 0 Å². The number of hydrogen-bond donors (Lipinski definition) is 1. The molecule has 19 heavy (non-hydrogen) atoms. The van der Waals surface area contributed by atoms with Crippen LogP contribution in [0.2, 0.25) is 0 Å². The van der Waals surface area contributed by atoms with Gasteiger partial charge in [-0.15, -0.1) is 0 Å². The summed E-state index contributed by atoms with van der Waals surface area (Å²) in [7, 11) is 0. The Labute approximate surface area is 110 Å². The molecule has 1 aromatic carbocycles. The summed E-state index contributed by atoms with van der Waals surface area (Å²) in [5.41, 5.74) is 1.37. The first-order valence-electron chi connectivity index (χ1n) is 6.30. The van der Waals surface area contributed by atoms with E-state index in [1.807, 2.05) is 4.90 Å². The molecule has 1 fully saturated rings. The lowest BCUT2D eigenvalue weighted by Gasteiger charge is -2.29. The van der Waals surface area contributed by atoms with Gasteiger partial charge in [0, 0.05) is 38.7 Å². The van der Waals surface area contributed by atoms with Crippen LogP contribution in [0.3, 0.4) is 0 Å². The van der Waals surface area contributed by atoms with Crippen LogP contribution in [-0.2, 0) is 0 Å². The summed E-state index contributed by atoms with van der Waals surface area (Å²) >= 11 is 0. The lowest BCUT2D eigenvalue weighted by atomic mass is 10.1. The second-order valence-electron chi connectivity index (χ2n) is 4.54. The molecule has 0 radical (unpaired) electrons. The topological polar surface area (TPSA) is 54.2 Å². The summed E-state index contributed by atoms with van der Waals surface area (Å²) in [6, 6.07) is 4.91. The van der Waals surface area contributed by atoms with Gasteiger partial charge in [-0.05, 0) is 18.2 Å². The normalized spacial score (nSPS) is 15.8. The molecule has 100 valence electrons. The van der Waals surface area contributed by atoms with Crippen molar-refractivity contribution >= 4 is 5.69 Å². The maximum atomic E-state index is 13.9. The second-order valence-corrected chi connectivity index (χ2v) is 4.54. The molecular formula is C13H15FN4O. The zero-order valence-electron chi connectivity index (χ0n) is 10.7. The van der Waals surface area contributed by atoms with E-state index in [1.54, 1.807) is 19.1 Å². The average molecular weight is 262 g/mol. The predicted octanol–water partition coefficient (Wildman–Crippen LogP) is 1.59. The van der Waals surface area contributed by atoms with Gasteiger partial charge in [-0.2, -0.15) is 4.98 Å². The fraction of sp³-hybridized carbons (Fsp3) is 0.385. The van der Waals surface area contributed by atoms with E-state index in [-0.39, 0.29) is 5.82 Å². The standard InChI is InChI=1S/C13H15FN4O/c1-9-16-13(17-19-9)10-2-3-11(14)12(8-10)18-6-4-15-5-7-18/h2-3,8,15H,4-7H2,1H3. The minimum Gasteiger partial charge on any atom is -0.367 e. The molecule has 2 heterocycles. The number of aromatic nitrogens is 2. The van der Waals surface area contributed by atoms with Crippen LogP contribution in [0, 0.1) is 12.7 Å². The number of halogens is 1. The van der Waals surface area contributed by atoms with Gasteiger partial charge in [0.25, 0.3) is 0 Å². The molecule has 0 atom stereocenters. The van der Waals surface area contributed by atoms with Crippen molar-refractivity contribution in [3.8, 4) is 11.4 Å². The molecule has 3 rings (SSSR count). The maximum absolute atomic E-state index is 13.9. The van der Waals surface area contributed by atoms with Crippen molar-refractivity contribution in [2.75, 3.05) is 31.1 Å². The lowest BCUT2D eigenvalue weighted by molar-refractivity contribution is 0.394. The monoisotopic (exact) mass is 262 g/mol. The summed E-state index contributed by atoms with van der Waals surface area (Å²) in [6.45, 7) is 5.06. The van der Waals surface area contributed by atoms with Gasteiger partial charge in [-0.25, -0.2) is 4.39 Å². The fourth-order valence-corrected chi connectivity index (χ4v) is 2.22. The first-order valence-corrected chi connectivity index (χ1v) is 6.30. The van der Waals surface area contributed by atoms with Crippen LogP contribution in [0.1, 0.15) is 5.89 Å². The first kappa shape index (κ1) is 12.1. The summed E-state index contributed by atoms with van der Waals surface area (Å²) < 4.78 is 18.9. The van der Waals surface area contributed by atoms with E-state index in [9.17, 15) is 4.39 Å². The van der Waals surface area contributed by atoms with Crippen LogP contribution in [0.25, 0.3) is 11.4 Å². The van der Waals surface area contributed by atoms with Crippen molar-refractivity contribution in [2.45, 2.75) is 6.92 Å². The third-order valence-electron chi connectivity index (χ3n) is 3.19. The maximum Gasteiger partial charge on any atom is 0.223 e. The predicted molar refractivity (Wildman–Crippen MR) is 69.5 cm³/mol. The molecular weight excluding hydrogens is 247 g/mol. The molecule has 0 unspecified atom stereocenters. The number of hydrogen-bond acceptors (Lipinski definition) is 5. The summed E-state index contributed by atoms with van der Waals surface area (Å²) in [4.78, 5) is 6.20. The molecule has 1 N–H and O–H groups in total. The highest BCUT2D eigenvalue weighted by Crippen LogP contribution is 2.26. The lowest BCUT2D eigenvalue weighted by Crippen LogP contribution is -2.43. The Morgan fingerprint density at radius 1 is 1.32 bits per heavy atom. The van der Waals surface area contributed by atoms with Gasteiger partial charge in [0.15, 0.2) is 0 Å². The van der Waals surface area contributed by atoms with E-state index in [1.165, 1.54) is 6.07 Å². The van der Waals surface area contributed by atoms with Crippen LogP contribution >= 0.6 is 0 Å². The first-order chi connectivity index (χ1) is 9.24. The fourth-order valence-electron chi connectivity index (χ4n) is 2.22. The Morgan fingerprint density at radius 2 is 2.11 bits per heavy atom. The van der Waals surface area contributed by atoms with Crippen LogP contribution in [-0.4, -0.2) is 36.3 Å². The van der Waals surface area contributed by atoms with Crippen LogP contribution in [0.15, 0.2) is 22.7 Å². The van der Waals surface area contributed by atoms with Crippen molar-refractivity contribution in [1.29, 1.82) is 0 Å². The quantitative estimate of drug-likeness (QED) is 0.890. The molecule has 1 saturated heterocycles. The Kier molecular flexibility index (Phi) is 3.16. The zero-order valence-corrected chi connectivity index (χ0v) is 10.7. The van der Waals surface area contributed by atoms with E-state index in [0.29, 0.717) is 17.4 Å². The van der Waals surface area contributed by atoms with E-state index in [2.05, 4.69) is 15.5 Å². The van der Waals surface area contributed by atoms with Crippen LogP contribution in [0.4, 0.5) is 10.1 Å². The Balaban J connectivity index is 1.95. The number of nitrogens with one attached hydrogen (secondary N) is 1. The van der Waals surface area contributed by atoms with Crippen molar-refractivity contribution < 1.29 is 8.91 Å². The third kappa shape index (κ3) is 2.44. The zero-order chi connectivity index (χ0) is 13.2. The second kappa shape index (κ2) is 4.97. The molecule has 0 bridgehead atoms. The number of anilines is 1. The molecule has 0 amide bonds. The largest absolute Gasteiger partial charge is 0.367 e. The minimum atomic E-state index is -0.217. The van der Waals surface area contributed by atoms with Crippen molar-refractivity contribution in [3.05, 3.63) is 29.9 Å². The summed E-state index contributed by atoms with van der Waals surface area (Å²) in [5, 5.41) is 7.11. The molecule has 6 heteroatoms. The number of piperazine rings is 1. The Morgan fingerprint density at radius 3 is 2.79 bits per heavy atom. The highest BCUT2D eigenvalue weighted by Gasteiger charge is 2.16. The number of rotatable bonds is 2. The molecule has 5 nitrogen and oxygen atoms in total. The van der Waals surface area contributed by atoms with Crippen molar-refractivity contribution in [1.82, 2.24) is 15.5 Å². The SMILES string of the molecule is Cc1nc(-c2ccc(F)c(N3CCNCC3)c2)no1. The van der Waals surface area contributed by atoms with Gasteiger partial charge in [0.2, 0.25) is 11.7 Å². The molecule has 0 aliphatic carbocycles. The third-order valence-corrected chi connectivity index (χ3v) is 3.19. The van der Waals surface area contributed by atoms with E-state index in [4.69, 9.17) is 4.52 Å². The minimum absolute atomic E-state index is 0.217. The Hall–Kier alpha value is -1.95. The van der Waals surface area contributed by atoms with Crippen molar-refractivity contribution in [3.63, 3.8) is 0 Å². The van der Waals surface area contributed by atoms with Gasteiger partial charge in [0.05, 0.1) is 5.69 Å². The molecule has 0 spiro atoms. The molecule has 1 aliphatic heterocycles. The van der Waals surface area contributed by atoms with Gasteiger partial charge in [-0.3, -0.25) is 0 Å². The Bertz CT molecular complexity index is 578. The number of aryl methyl sites for hydroxylation is 1. The van der Waals surface area contributed by atoms with Gasteiger partial charge in [-0.1, -0.05) is 5.16 Å². The molecule has 1 aliphatic rings. The number of benzene rings is 1. The van der Waals surface area contributed by atoms with Gasteiger partial charge >= 0.3 is 0 Å². The summed E-state index contributed by atoms with van der Waals surface area (Å²) in [5.74, 6) is 0.780. The highest BCUT2D eigenvalue weighted by molar-refractivity contribution is 5.63. The number of nitrogens with zero attached hydrogens (tertiary/aromatic N) is 3. The smallest absolute Gasteiger partial charge is 0.223 e. The molecule has 1 aromatic heterocycles. The van der Waals surface area contributed by atoms with Gasteiger partial charge in [0.1, 0.15) is 5.82 Å². The van der Waals surface area contributed by atoms with Gasteiger partial charge < -0.3 is 14.7 Å². The average Bonchev–Trinajstić information content (AvgIpc) is 2.87. The van der Waals surface area contributed by atoms with E-state index in [0.717, 1.165) is 31.7 Å². The molecule has 0 saturated carbocycles. The van der Waals surface area contributed by atoms with E-state index < -0.39 is 0 Å².